The molecule has 1 aliphatic rings. The summed E-state index contributed by atoms with van der Waals surface area (Å²) in [6.45, 7) is 6.99. The van der Waals surface area contributed by atoms with Gasteiger partial charge in [0, 0.05) is 0 Å². The lowest BCUT2D eigenvalue weighted by atomic mass is 9.91. The molecule has 2 unspecified atom stereocenters. The van der Waals surface area contributed by atoms with Gasteiger partial charge in [-0.3, -0.25) is 0 Å². The fourth-order valence-electron chi connectivity index (χ4n) is 2.87. The Hall–Kier alpha value is 0. The molecule has 0 N–H and O–H groups in total. The Kier molecular flexibility index (Phi) is 4.83. The van der Waals surface area contributed by atoms with Crippen LogP contribution >= 0.6 is 0 Å². The average molecular weight is 182 g/mol. The van der Waals surface area contributed by atoms with Crippen molar-refractivity contribution < 1.29 is 0 Å². The summed E-state index contributed by atoms with van der Waals surface area (Å²) in [7, 11) is 0. The summed E-state index contributed by atoms with van der Waals surface area (Å²) in [5.74, 6) is 3.32. The minimum Gasteiger partial charge on any atom is -0.0654 e. The highest BCUT2D eigenvalue weighted by molar-refractivity contribution is 4.90. The number of hydrogen-bond acceptors (Lipinski definition) is 0. The Morgan fingerprint density at radius 3 is 2.08 bits per heavy atom. The molecule has 0 aromatic rings. The van der Waals surface area contributed by atoms with Crippen molar-refractivity contribution in [3.63, 3.8) is 0 Å². The molecule has 1 saturated carbocycles. The summed E-state index contributed by atoms with van der Waals surface area (Å²) in [6, 6.07) is 0. The van der Waals surface area contributed by atoms with Crippen LogP contribution in [0.4, 0.5) is 0 Å². The van der Waals surface area contributed by atoms with E-state index in [1.54, 1.807) is 6.42 Å². The van der Waals surface area contributed by atoms with Gasteiger partial charge < -0.3 is 0 Å². The second-order valence-electron chi connectivity index (χ2n) is 4.79. The zero-order valence-corrected chi connectivity index (χ0v) is 9.68. The monoisotopic (exact) mass is 182 g/mol. The Labute approximate surface area is 84.1 Å². The van der Waals surface area contributed by atoms with Gasteiger partial charge in [0.25, 0.3) is 0 Å². The summed E-state index contributed by atoms with van der Waals surface area (Å²) < 4.78 is 0. The van der Waals surface area contributed by atoms with Crippen molar-refractivity contribution in [2.45, 2.75) is 65.7 Å². The van der Waals surface area contributed by atoms with E-state index in [9.17, 15) is 0 Å². The van der Waals surface area contributed by atoms with Crippen molar-refractivity contribution in [3.05, 3.63) is 0 Å². The molecule has 0 amide bonds. The van der Waals surface area contributed by atoms with Crippen molar-refractivity contribution in [3.8, 4) is 0 Å². The Bertz CT molecular complexity index is 122. The van der Waals surface area contributed by atoms with Crippen molar-refractivity contribution in [2.24, 2.45) is 17.8 Å². The predicted molar refractivity (Wildman–Crippen MR) is 59.8 cm³/mol. The second kappa shape index (κ2) is 5.67. The zero-order chi connectivity index (χ0) is 9.68. The maximum Gasteiger partial charge on any atom is -0.0355 e. The van der Waals surface area contributed by atoms with Gasteiger partial charge in [-0.05, 0) is 24.2 Å². The molecule has 1 aliphatic carbocycles. The largest absolute Gasteiger partial charge is 0.0654 e. The molecule has 2 atom stereocenters. The molecule has 0 radical (unpaired) electrons. The van der Waals surface area contributed by atoms with Gasteiger partial charge in [0.05, 0.1) is 0 Å². The quantitative estimate of drug-likeness (QED) is 0.538. The zero-order valence-electron chi connectivity index (χ0n) is 9.68. The molecule has 0 aromatic carbocycles. The molecular formula is C13H26. The van der Waals surface area contributed by atoms with Crippen molar-refractivity contribution >= 4 is 0 Å². The molecule has 78 valence electrons. The first-order valence-corrected chi connectivity index (χ1v) is 6.33. The normalized spacial score (nSPS) is 26.8. The lowest BCUT2D eigenvalue weighted by Gasteiger charge is -2.14. The van der Waals surface area contributed by atoms with Crippen LogP contribution in [-0.2, 0) is 0 Å². The van der Waals surface area contributed by atoms with E-state index in [0.29, 0.717) is 0 Å². The lowest BCUT2D eigenvalue weighted by molar-refractivity contribution is 0.366. The van der Waals surface area contributed by atoms with Crippen LogP contribution in [0.2, 0.25) is 0 Å². The molecule has 1 fully saturated rings. The average Bonchev–Trinajstić information content (AvgIpc) is 2.84. The smallest absolute Gasteiger partial charge is 0.0355 e. The molecule has 0 nitrogen and oxygen atoms in total. The minimum atomic E-state index is 1.08. The molecule has 0 heterocycles. The van der Waals surface area contributed by atoms with Crippen LogP contribution < -0.4 is 0 Å². The molecule has 0 bridgehead atoms. The van der Waals surface area contributed by atoms with Gasteiger partial charge in [0.15, 0.2) is 0 Å². The van der Waals surface area contributed by atoms with E-state index in [2.05, 4.69) is 20.8 Å². The van der Waals surface area contributed by atoms with E-state index in [1.807, 2.05) is 0 Å². The van der Waals surface area contributed by atoms with Gasteiger partial charge in [0.2, 0.25) is 0 Å². The van der Waals surface area contributed by atoms with E-state index in [0.717, 1.165) is 17.8 Å². The van der Waals surface area contributed by atoms with Gasteiger partial charge in [-0.15, -0.1) is 0 Å². The van der Waals surface area contributed by atoms with Crippen LogP contribution in [0.5, 0.6) is 0 Å². The summed E-state index contributed by atoms with van der Waals surface area (Å²) >= 11 is 0. The van der Waals surface area contributed by atoms with E-state index in [-0.39, 0.29) is 0 Å². The fraction of sp³-hybridized carbons (Fsp3) is 1.00. The first kappa shape index (κ1) is 11.1. The van der Waals surface area contributed by atoms with Gasteiger partial charge >= 0.3 is 0 Å². The molecular weight excluding hydrogens is 156 g/mol. The number of rotatable bonds is 7. The van der Waals surface area contributed by atoms with Crippen LogP contribution in [0.1, 0.15) is 65.7 Å². The van der Waals surface area contributed by atoms with Crippen LogP contribution in [0.3, 0.4) is 0 Å². The molecule has 0 heteroatoms. The SMILES string of the molecule is CCCC(CCC)C1CC1CCC. The third kappa shape index (κ3) is 3.32. The first-order chi connectivity index (χ1) is 6.33. The number of hydrogen-bond donors (Lipinski definition) is 0. The maximum atomic E-state index is 2.33. The van der Waals surface area contributed by atoms with E-state index < -0.39 is 0 Å². The third-order valence-corrected chi connectivity index (χ3v) is 3.56. The topological polar surface area (TPSA) is 0 Å². The van der Waals surface area contributed by atoms with Crippen LogP contribution in [-0.4, -0.2) is 0 Å². The summed E-state index contributed by atoms with van der Waals surface area (Å²) in [6.07, 6.45) is 10.2. The second-order valence-corrected chi connectivity index (χ2v) is 4.79. The molecule has 0 saturated heterocycles. The van der Waals surface area contributed by atoms with Crippen LogP contribution in [0.15, 0.2) is 0 Å². The highest BCUT2D eigenvalue weighted by Crippen LogP contribution is 2.49. The summed E-state index contributed by atoms with van der Waals surface area (Å²) in [4.78, 5) is 0. The minimum absolute atomic E-state index is 1.08. The van der Waals surface area contributed by atoms with Crippen LogP contribution in [0, 0.1) is 17.8 Å². The van der Waals surface area contributed by atoms with Gasteiger partial charge in [-0.2, -0.15) is 0 Å². The van der Waals surface area contributed by atoms with Crippen molar-refractivity contribution in [2.75, 3.05) is 0 Å². The fourth-order valence-corrected chi connectivity index (χ4v) is 2.87. The molecule has 0 aliphatic heterocycles. The Morgan fingerprint density at radius 2 is 1.62 bits per heavy atom. The van der Waals surface area contributed by atoms with Gasteiger partial charge in [-0.1, -0.05) is 59.3 Å². The highest BCUT2D eigenvalue weighted by atomic mass is 14.5. The molecule has 1 rings (SSSR count). The molecule has 13 heavy (non-hydrogen) atoms. The van der Waals surface area contributed by atoms with Gasteiger partial charge in [-0.25, -0.2) is 0 Å². The van der Waals surface area contributed by atoms with Gasteiger partial charge in [0.1, 0.15) is 0 Å². The Balaban J connectivity index is 2.22. The highest BCUT2D eigenvalue weighted by Gasteiger charge is 2.40. The summed E-state index contributed by atoms with van der Waals surface area (Å²) in [5, 5.41) is 0. The molecule has 0 aromatic heterocycles. The van der Waals surface area contributed by atoms with E-state index in [4.69, 9.17) is 0 Å². The van der Waals surface area contributed by atoms with Crippen molar-refractivity contribution in [1.29, 1.82) is 0 Å². The third-order valence-electron chi connectivity index (χ3n) is 3.56. The first-order valence-electron chi connectivity index (χ1n) is 6.33. The van der Waals surface area contributed by atoms with E-state index >= 15 is 0 Å². The van der Waals surface area contributed by atoms with E-state index in [1.165, 1.54) is 38.5 Å². The van der Waals surface area contributed by atoms with Crippen LogP contribution in [0.25, 0.3) is 0 Å². The molecule has 0 spiro atoms. The Morgan fingerprint density at radius 1 is 1.00 bits per heavy atom. The van der Waals surface area contributed by atoms with Crippen molar-refractivity contribution in [1.82, 2.24) is 0 Å². The summed E-state index contributed by atoms with van der Waals surface area (Å²) in [5.41, 5.74) is 0. The maximum absolute atomic E-state index is 2.33. The lowest BCUT2D eigenvalue weighted by Crippen LogP contribution is -2.04. The standard InChI is InChI=1S/C13H26/c1-4-7-11(8-5-2)13-10-12(13)9-6-3/h11-13H,4-10H2,1-3H3. The predicted octanol–water partition coefficient (Wildman–Crippen LogP) is 4.64.